The van der Waals surface area contributed by atoms with Crippen molar-refractivity contribution < 1.29 is 8.42 Å². The summed E-state index contributed by atoms with van der Waals surface area (Å²) < 4.78 is 28.6. The van der Waals surface area contributed by atoms with Crippen LogP contribution in [0.25, 0.3) is 0 Å². The molecule has 0 heterocycles. The highest BCUT2D eigenvalue weighted by molar-refractivity contribution is 9.10. The third-order valence-electron chi connectivity index (χ3n) is 3.58. The van der Waals surface area contributed by atoms with Crippen LogP contribution in [0.1, 0.15) is 17.2 Å². The Balaban J connectivity index is 1.95. The molecule has 0 fully saturated rings. The lowest BCUT2D eigenvalue weighted by molar-refractivity contribution is 0.559. The molecule has 1 N–H and O–H groups in total. The van der Waals surface area contributed by atoms with Crippen LogP contribution >= 0.6 is 31.9 Å². The van der Waals surface area contributed by atoms with Crippen LogP contribution in [0.4, 0.5) is 0 Å². The van der Waals surface area contributed by atoms with Crippen molar-refractivity contribution in [2.24, 2.45) is 0 Å². The minimum absolute atomic E-state index is 0.0622. The highest BCUT2D eigenvalue weighted by atomic mass is 79.9. The first-order valence-electron chi connectivity index (χ1n) is 6.48. The molecule has 0 amide bonds. The summed E-state index contributed by atoms with van der Waals surface area (Å²) in [5, 5.41) is 0. The van der Waals surface area contributed by atoms with E-state index in [0.717, 1.165) is 12.0 Å². The standard InChI is InChI=1S/C15H13Br2NO2S/c16-12-7-3-4-8-14(12)21(19,20)18-15-11-6-2-1-5-10(11)9-13(15)17/h1-8,13,15,18H,9H2. The highest BCUT2D eigenvalue weighted by Gasteiger charge is 2.34. The van der Waals surface area contributed by atoms with Gasteiger partial charge in [-0.25, -0.2) is 13.1 Å². The van der Waals surface area contributed by atoms with Gasteiger partial charge in [-0.1, -0.05) is 52.3 Å². The summed E-state index contributed by atoms with van der Waals surface area (Å²) in [5.74, 6) is 0. The molecule has 2 aromatic carbocycles. The van der Waals surface area contributed by atoms with Gasteiger partial charge in [-0.2, -0.15) is 0 Å². The molecule has 0 saturated heterocycles. The van der Waals surface area contributed by atoms with E-state index in [4.69, 9.17) is 0 Å². The Morgan fingerprint density at radius 1 is 1.05 bits per heavy atom. The molecule has 6 heteroatoms. The molecule has 0 radical (unpaired) electrons. The molecule has 0 aromatic heterocycles. The Morgan fingerprint density at radius 2 is 1.71 bits per heavy atom. The number of alkyl halides is 1. The van der Waals surface area contributed by atoms with E-state index < -0.39 is 10.0 Å². The normalized spacial score (nSPS) is 21.2. The summed E-state index contributed by atoms with van der Waals surface area (Å²) >= 11 is 6.89. The van der Waals surface area contributed by atoms with Crippen molar-refractivity contribution in [1.82, 2.24) is 4.72 Å². The maximum Gasteiger partial charge on any atom is 0.242 e. The van der Waals surface area contributed by atoms with Gasteiger partial charge in [-0.15, -0.1) is 0 Å². The number of hydrogen-bond donors (Lipinski definition) is 1. The fraction of sp³-hybridized carbons (Fsp3) is 0.200. The maximum absolute atomic E-state index is 12.6. The van der Waals surface area contributed by atoms with Crippen LogP contribution in [0.2, 0.25) is 0 Å². The Labute approximate surface area is 141 Å². The van der Waals surface area contributed by atoms with Crippen LogP contribution in [0, 0.1) is 0 Å². The average Bonchev–Trinajstić information content (AvgIpc) is 2.75. The van der Waals surface area contributed by atoms with E-state index in [0.29, 0.717) is 4.47 Å². The van der Waals surface area contributed by atoms with Crippen molar-refractivity contribution in [3.63, 3.8) is 0 Å². The van der Waals surface area contributed by atoms with E-state index >= 15 is 0 Å². The van der Waals surface area contributed by atoms with Gasteiger partial charge in [0.15, 0.2) is 0 Å². The Bertz CT molecular complexity index is 777. The fourth-order valence-electron chi connectivity index (χ4n) is 2.58. The molecule has 3 rings (SSSR count). The largest absolute Gasteiger partial charge is 0.242 e. The number of sulfonamides is 1. The lowest BCUT2D eigenvalue weighted by Crippen LogP contribution is -2.31. The van der Waals surface area contributed by atoms with Gasteiger partial charge in [0, 0.05) is 9.30 Å². The second-order valence-electron chi connectivity index (χ2n) is 4.95. The molecule has 0 bridgehead atoms. The SMILES string of the molecule is O=S(=O)(NC1c2ccccc2CC1Br)c1ccccc1Br. The van der Waals surface area contributed by atoms with Gasteiger partial charge in [0.05, 0.1) is 10.9 Å². The number of rotatable bonds is 3. The van der Waals surface area contributed by atoms with Crippen LogP contribution in [0.5, 0.6) is 0 Å². The van der Waals surface area contributed by atoms with Gasteiger partial charge in [-0.3, -0.25) is 0 Å². The summed E-state index contributed by atoms with van der Waals surface area (Å²) in [6, 6.07) is 14.5. The van der Waals surface area contributed by atoms with Gasteiger partial charge in [-0.05, 0) is 45.6 Å². The van der Waals surface area contributed by atoms with Crippen LogP contribution in [0.3, 0.4) is 0 Å². The molecule has 110 valence electrons. The molecule has 0 spiro atoms. The van der Waals surface area contributed by atoms with Gasteiger partial charge in [0.25, 0.3) is 0 Å². The summed E-state index contributed by atoms with van der Waals surface area (Å²) in [5.41, 5.74) is 2.22. The predicted molar refractivity (Wildman–Crippen MR) is 90.1 cm³/mol. The van der Waals surface area contributed by atoms with Crippen molar-refractivity contribution in [3.05, 3.63) is 64.1 Å². The number of halogens is 2. The smallest absolute Gasteiger partial charge is 0.207 e. The highest BCUT2D eigenvalue weighted by Crippen LogP contribution is 2.37. The van der Waals surface area contributed by atoms with Crippen LogP contribution in [0.15, 0.2) is 57.9 Å². The maximum atomic E-state index is 12.6. The van der Waals surface area contributed by atoms with Crippen LogP contribution < -0.4 is 4.72 Å². The minimum Gasteiger partial charge on any atom is -0.207 e. The van der Waals surface area contributed by atoms with Gasteiger partial charge in [0.1, 0.15) is 0 Å². The zero-order chi connectivity index (χ0) is 15.0. The predicted octanol–water partition coefficient (Wildman–Crippen LogP) is 3.79. The van der Waals surface area contributed by atoms with Gasteiger partial charge >= 0.3 is 0 Å². The molecular formula is C15H13Br2NO2S. The minimum atomic E-state index is -3.58. The molecule has 2 unspecified atom stereocenters. The Morgan fingerprint density at radius 3 is 2.48 bits per heavy atom. The lowest BCUT2D eigenvalue weighted by Gasteiger charge is -2.18. The van der Waals surface area contributed by atoms with Crippen molar-refractivity contribution in [2.45, 2.75) is 22.2 Å². The lowest BCUT2D eigenvalue weighted by atomic mass is 10.1. The van der Waals surface area contributed by atoms with Crippen LogP contribution in [-0.2, 0) is 16.4 Å². The summed E-state index contributed by atoms with van der Waals surface area (Å²) in [6.07, 6.45) is 0.819. The zero-order valence-electron chi connectivity index (χ0n) is 11.0. The number of fused-ring (bicyclic) bond motifs is 1. The van der Waals surface area contributed by atoms with E-state index in [1.807, 2.05) is 24.3 Å². The summed E-state index contributed by atoms with van der Waals surface area (Å²) in [7, 11) is -3.58. The molecular weight excluding hydrogens is 418 g/mol. The fourth-order valence-corrected chi connectivity index (χ4v) is 5.78. The molecule has 1 aliphatic carbocycles. The van der Waals surface area contributed by atoms with Crippen molar-refractivity contribution >= 4 is 41.9 Å². The number of hydrogen-bond acceptors (Lipinski definition) is 2. The first-order chi connectivity index (χ1) is 9.99. The van der Waals surface area contributed by atoms with Gasteiger partial charge in [0.2, 0.25) is 10.0 Å². The van der Waals surface area contributed by atoms with E-state index in [1.54, 1.807) is 24.3 Å². The second-order valence-corrected chi connectivity index (χ2v) is 8.66. The van der Waals surface area contributed by atoms with E-state index in [-0.39, 0.29) is 15.8 Å². The molecule has 2 aromatic rings. The van der Waals surface area contributed by atoms with Crippen molar-refractivity contribution in [1.29, 1.82) is 0 Å². The Hall–Kier alpha value is -0.690. The zero-order valence-corrected chi connectivity index (χ0v) is 14.9. The molecule has 21 heavy (non-hydrogen) atoms. The van der Waals surface area contributed by atoms with E-state index in [1.165, 1.54) is 5.56 Å². The summed E-state index contributed by atoms with van der Waals surface area (Å²) in [4.78, 5) is 0.321. The van der Waals surface area contributed by atoms with Gasteiger partial charge < -0.3 is 0 Å². The number of benzene rings is 2. The monoisotopic (exact) mass is 429 g/mol. The topological polar surface area (TPSA) is 46.2 Å². The average molecular weight is 431 g/mol. The molecule has 0 saturated carbocycles. The molecule has 0 aliphatic heterocycles. The third kappa shape index (κ3) is 2.95. The van der Waals surface area contributed by atoms with Crippen molar-refractivity contribution in [2.75, 3.05) is 0 Å². The molecule has 1 aliphatic rings. The first-order valence-corrected chi connectivity index (χ1v) is 9.67. The third-order valence-corrected chi connectivity index (χ3v) is 6.88. The second kappa shape index (κ2) is 5.83. The van der Waals surface area contributed by atoms with Crippen LogP contribution in [-0.4, -0.2) is 13.2 Å². The first kappa shape index (κ1) is 15.2. The van der Waals surface area contributed by atoms with Crippen molar-refractivity contribution in [3.8, 4) is 0 Å². The Kier molecular flexibility index (Phi) is 4.23. The molecule has 3 nitrogen and oxygen atoms in total. The summed E-state index contributed by atoms with van der Waals surface area (Å²) in [6.45, 7) is 0. The van der Waals surface area contributed by atoms with E-state index in [9.17, 15) is 8.42 Å². The van der Waals surface area contributed by atoms with E-state index in [2.05, 4.69) is 36.6 Å². The quantitative estimate of drug-likeness (QED) is 0.753. The number of nitrogens with one attached hydrogen (secondary N) is 1. The molecule has 2 atom stereocenters.